The summed E-state index contributed by atoms with van der Waals surface area (Å²) >= 11 is 1.46. The van der Waals surface area contributed by atoms with Crippen molar-refractivity contribution in [2.45, 2.75) is 31.9 Å². The molecule has 0 unspecified atom stereocenters. The van der Waals surface area contributed by atoms with Crippen LogP contribution in [0.2, 0.25) is 0 Å². The first-order valence-corrected chi connectivity index (χ1v) is 9.69. The van der Waals surface area contributed by atoms with E-state index in [-0.39, 0.29) is 5.91 Å². The molecule has 134 valence electrons. The Morgan fingerprint density at radius 1 is 1.31 bits per heavy atom. The zero-order valence-corrected chi connectivity index (χ0v) is 15.3. The summed E-state index contributed by atoms with van der Waals surface area (Å²) in [7, 11) is 0. The Kier molecular flexibility index (Phi) is 4.75. The number of hydrogen-bond donors (Lipinski definition) is 1. The molecule has 0 fully saturated rings. The van der Waals surface area contributed by atoms with Gasteiger partial charge in [0.05, 0.1) is 22.9 Å². The van der Waals surface area contributed by atoms with E-state index in [1.54, 1.807) is 6.92 Å². The van der Waals surface area contributed by atoms with E-state index < -0.39 is 0 Å². The lowest BCUT2D eigenvalue weighted by Crippen LogP contribution is -2.18. The molecule has 1 N–H and O–H groups in total. The molecule has 0 aliphatic heterocycles. The third-order valence-corrected chi connectivity index (χ3v) is 5.13. The van der Waals surface area contributed by atoms with Crippen molar-refractivity contribution in [3.8, 4) is 5.69 Å². The van der Waals surface area contributed by atoms with Crippen molar-refractivity contribution in [2.24, 2.45) is 0 Å². The second-order valence-corrected chi connectivity index (χ2v) is 7.13. The molecule has 1 aliphatic rings. The summed E-state index contributed by atoms with van der Waals surface area (Å²) in [5, 5.41) is 11.6. The van der Waals surface area contributed by atoms with Crippen LogP contribution in [-0.4, -0.2) is 31.6 Å². The van der Waals surface area contributed by atoms with Crippen LogP contribution in [-0.2, 0) is 23.4 Å². The topological polar surface area (TPSA) is 85.8 Å². The van der Waals surface area contributed by atoms with E-state index in [1.165, 1.54) is 11.8 Å². The molecule has 3 aromatic rings. The number of benzene rings is 1. The third kappa shape index (κ3) is 3.50. The van der Waals surface area contributed by atoms with Crippen LogP contribution in [0, 0.1) is 6.92 Å². The van der Waals surface area contributed by atoms with Crippen LogP contribution < -0.4 is 5.32 Å². The second kappa shape index (κ2) is 7.33. The Balaban J connectivity index is 1.46. The van der Waals surface area contributed by atoms with Gasteiger partial charge in [0.15, 0.2) is 5.82 Å². The fraction of sp³-hybridized carbons (Fsp3) is 0.333. The largest absolute Gasteiger partial charge is 0.340 e. The zero-order chi connectivity index (χ0) is 17.9. The molecule has 8 heteroatoms. The highest BCUT2D eigenvalue weighted by molar-refractivity contribution is 7.99. The molecule has 2 aromatic heterocycles. The van der Waals surface area contributed by atoms with E-state index in [4.69, 9.17) is 9.62 Å². The van der Waals surface area contributed by atoms with Gasteiger partial charge in [-0.05, 0) is 31.4 Å². The quantitative estimate of drug-likeness (QED) is 0.719. The number of aryl methyl sites for hydroxylation is 2. The highest BCUT2D eigenvalue weighted by Gasteiger charge is 2.24. The first-order chi connectivity index (χ1) is 12.7. The molecule has 1 aromatic carbocycles. The molecule has 26 heavy (non-hydrogen) atoms. The Bertz CT molecular complexity index is 919. The number of para-hydroxylation sites is 1. The molecule has 0 saturated heterocycles. The lowest BCUT2D eigenvalue weighted by Gasteiger charge is -2.10. The fourth-order valence-electron chi connectivity index (χ4n) is 3.08. The van der Waals surface area contributed by atoms with Gasteiger partial charge in [-0.1, -0.05) is 23.4 Å². The average molecular weight is 369 g/mol. The summed E-state index contributed by atoms with van der Waals surface area (Å²) in [6.07, 6.45) is 3.00. The molecule has 0 spiro atoms. The minimum atomic E-state index is -0.0537. The average Bonchev–Trinajstić information content (AvgIpc) is 3.34. The van der Waals surface area contributed by atoms with E-state index in [0.717, 1.165) is 42.0 Å². The molecular formula is C18H19N5O2S. The predicted octanol–water partition coefficient (Wildman–Crippen LogP) is 2.92. The van der Waals surface area contributed by atoms with Gasteiger partial charge in [-0.3, -0.25) is 4.79 Å². The summed E-state index contributed by atoms with van der Waals surface area (Å²) in [4.78, 5) is 16.6. The summed E-state index contributed by atoms with van der Waals surface area (Å²) < 4.78 is 6.78. The molecule has 7 nitrogen and oxygen atoms in total. The Labute approximate surface area is 155 Å². The van der Waals surface area contributed by atoms with Crippen molar-refractivity contribution in [1.82, 2.24) is 19.9 Å². The number of aromatic nitrogens is 4. The number of thioether (sulfide) groups is 1. The summed E-state index contributed by atoms with van der Waals surface area (Å²) in [6, 6.07) is 9.89. The maximum atomic E-state index is 12.5. The number of nitrogens with zero attached hydrogens (tertiary/aromatic N) is 4. The molecule has 1 amide bonds. The van der Waals surface area contributed by atoms with Gasteiger partial charge in [-0.2, -0.15) is 10.1 Å². The number of rotatable bonds is 6. The van der Waals surface area contributed by atoms with Crippen LogP contribution in [0.1, 0.15) is 29.4 Å². The van der Waals surface area contributed by atoms with Crippen molar-refractivity contribution in [3.63, 3.8) is 0 Å². The number of fused-ring (bicyclic) bond motifs is 1. The second-order valence-electron chi connectivity index (χ2n) is 6.15. The van der Waals surface area contributed by atoms with Crippen molar-refractivity contribution < 1.29 is 9.32 Å². The Morgan fingerprint density at radius 2 is 2.15 bits per heavy atom. The van der Waals surface area contributed by atoms with Crippen LogP contribution in [0.25, 0.3) is 5.69 Å². The minimum absolute atomic E-state index is 0.0537. The van der Waals surface area contributed by atoms with Crippen LogP contribution in [0.3, 0.4) is 0 Å². The number of carbonyl (C=O) groups is 1. The molecule has 4 rings (SSSR count). The third-order valence-electron chi connectivity index (χ3n) is 4.20. The Hall–Kier alpha value is -2.61. The lowest BCUT2D eigenvalue weighted by molar-refractivity contribution is -0.113. The van der Waals surface area contributed by atoms with Gasteiger partial charge in [0, 0.05) is 12.5 Å². The summed E-state index contributed by atoms with van der Waals surface area (Å²) in [6.45, 7) is 1.75. The Morgan fingerprint density at radius 3 is 2.92 bits per heavy atom. The van der Waals surface area contributed by atoms with E-state index in [2.05, 4.69) is 15.5 Å². The van der Waals surface area contributed by atoms with Crippen LogP contribution >= 0.6 is 11.8 Å². The van der Waals surface area contributed by atoms with Crippen LogP contribution in [0.4, 0.5) is 5.82 Å². The van der Waals surface area contributed by atoms with Crippen LogP contribution in [0.15, 0.2) is 34.9 Å². The van der Waals surface area contributed by atoms with Crippen molar-refractivity contribution in [2.75, 3.05) is 11.1 Å². The van der Waals surface area contributed by atoms with Gasteiger partial charge in [0.25, 0.3) is 0 Å². The standard InChI is InChI=1S/C18H19N5O2S/c1-12-19-16(22-25-12)10-26-11-17(24)20-18-14-8-5-9-15(14)21-23(18)13-6-3-2-4-7-13/h2-4,6-7H,5,8-11H2,1H3,(H,20,24). The minimum Gasteiger partial charge on any atom is -0.340 e. The van der Waals surface area contributed by atoms with Crippen LogP contribution in [0.5, 0.6) is 0 Å². The highest BCUT2D eigenvalue weighted by atomic mass is 32.2. The molecule has 0 bridgehead atoms. The molecule has 2 heterocycles. The summed E-state index contributed by atoms with van der Waals surface area (Å²) in [5.41, 5.74) is 3.19. The maximum Gasteiger partial charge on any atom is 0.235 e. The first-order valence-electron chi connectivity index (χ1n) is 8.53. The van der Waals surface area contributed by atoms with Crippen molar-refractivity contribution in [1.29, 1.82) is 0 Å². The predicted molar refractivity (Wildman–Crippen MR) is 99.4 cm³/mol. The number of nitrogens with one attached hydrogen (secondary N) is 1. The first kappa shape index (κ1) is 16.8. The van der Waals surface area contributed by atoms with E-state index in [1.807, 2.05) is 35.0 Å². The van der Waals surface area contributed by atoms with Crippen molar-refractivity contribution in [3.05, 3.63) is 53.3 Å². The van der Waals surface area contributed by atoms with E-state index in [0.29, 0.717) is 23.2 Å². The molecule has 0 atom stereocenters. The molecule has 1 aliphatic carbocycles. The van der Waals surface area contributed by atoms with Gasteiger partial charge < -0.3 is 9.84 Å². The summed E-state index contributed by atoms with van der Waals surface area (Å²) in [5.74, 6) is 2.75. The van der Waals surface area contributed by atoms with Gasteiger partial charge in [0.2, 0.25) is 11.8 Å². The SMILES string of the molecule is Cc1nc(CSCC(=O)Nc2c3c(nn2-c2ccccc2)CCC3)no1. The van der Waals surface area contributed by atoms with E-state index in [9.17, 15) is 4.79 Å². The highest BCUT2D eigenvalue weighted by Crippen LogP contribution is 2.31. The smallest absolute Gasteiger partial charge is 0.235 e. The zero-order valence-electron chi connectivity index (χ0n) is 14.4. The molecule has 0 saturated carbocycles. The van der Waals surface area contributed by atoms with Crippen molar-refractivity contribution >= 4 is 23.5 Å². The normalized spacial score (nSPS) is 13.0. The lowest BCUT2D eigenvalue weighted by atomic mass is 10.2. The number of anilines is 1. The maximum absolute atomic E-state index is 12.5. The molecular weight excluding hydrogens is 350 g/mol. The number of hydrogen-bond acceptors (Lipinski definition) is 6. The van der Waals surface area contributed by atoms with Gasteiger partial charge in [-0.15, -0.1) is 11.8 Å². The van der Waals surface area contributed by atoms with Gasteiger partial charge >= 0.3 is 0 Å². The molecule has 0 radical (unpaired) electrons. The fourth-order valence-corrected chi connectivity index (χ4v) is 3.74. The number of amides is 1. The monoisotopic (exact) mass is 369 g/mol. The van der Waals surface area contributed by atoms with Gasteiger partial charge in [-0.25, -0.2) is 4.68 Å². The van der Waals surface area contributed by atoms with Gasteiger partial charge in [0.1, 0.15) is 5.82 Å². The number of carbonyl (C=O) groups excluding carboxylic acids is 1. The van der Waals surface area contributed by atoms with E-state index >= 15 is 0 Å².